The van der Waals surface area contributed by atoms with E-state index in [-0.39, 0.29) is 23.3 Å². The molecule has 10 heteroatoms. The van der Waals surface area contributed by atoms with Gasteiger partial charge in [0.1, 0.15) is 5.60 Å². The molecule has 10 nitrogen and oxygen atoms in total. The van der Waals surface area contributed by atoms with E-state index < -0.39 is 5.60 Å². The highest BCUT2D eigenvalue weighted by atomic mass is 16.6. The maximum absolute atomic E-state index is 13.0. The van der Waals surface area contributed by atoms with Crippen LogP contribution in [0.2, 0.25) is 0 Å². The monoisotopic (exact) mass is 545 g/mol. The van der Waals surface area contributed by atoms with Gasteiger partial charge in [0.15, 0.2) is 0 Å². The van der Waals surface area contributed by atoms with E-state index in [1.54, 1.807) is 11.1 Å². The number of aromatic nitrogens is 4. The molecule has 0 bridgehead atoms. The number of ether oxygens (including phenoxy) is 1. The number of nitrogens with zero attached hydrogens (tertiary/aromatic N) is 6. The van der Waals surface area contributed by atoms with Crippen LogP contribution in [0, 0.1) is 11.3 Å². The molecule has 40 heavy (non-hydrogen) atoms. The Bertz CT molecular complexity index is 1420. The fraction of sp³-hybridized carbons (Fsp3) is 0.567. The Kier molecular flexibility index (Phi) is 6.76. The van der Waals surface area contributed by atoms with Crippen LogP contribution in [0.5, 0.6) is 0 Å². The number of nitrogens with one attached hydrogen (secondary N) is 1. The molecule has 2 aliphatic heterocycles. The minimum Gasteiger partial charge on any atom is -0.444 e. The molecule has 3 aliphatic rings. The number of carbonyl (C=O) groups is 2. The molecule has 2 saturated heterocycles. The van der Waals surface area contributed by atoms with Crippen molar-refractivity contribution in [3.63, 3.8) is 0 Å². The number of fused-ring (bicyclic) bond motifs is 1. The van der Waals surface area contributed by atoms with Gasteiger partial charge in [-0.05, 0) is 71.2 Å². The second kappa shape index (κ2) is 10.1. The summed E-state index contributed by atoms with van der Waals surface area (Å²) >= 11 is 0. The molecule has 3 aromatic rings. The molecule has 212 valence electrons. The SMILES string of the molecule is Cn1ncc(-c2ccc3cnc(NC(=O)C4CC5(C4)CN(C(=O)OC(C)(C)C)C5)nc3c2)c1CN1CCCCC1. The van der Waals surface area contributed by atoms with Gasteiger partial charge in [0.2, 0.25) is 11.9 Å². The van der Waals surface area contributed by atoms with Gasteiger partial charge in [-0.3, -0.25) is 19.7 Å². The molecular formula is C30H39N7O3. The Morgan fingerprint density at radius 1 is 1.10 bits per heavy atom. The predicted molar refractivity (Wildman–Crippen MR) is 152 cm³/mol. The van der Waals surface area contributed by atoms with Crippen LogP contribution in [0.25, 0.3) is 22.0 Å². The van der Waals surface area contributed by atoms with E-state index in [0.717, 1.165) is 54.5 Å². The number of hydrogen-bond donors (Lipinski definition) is 1. The van der Waals surface area contributed by atoms with Crippen molar-refractivity contribution in [1.29, 1.82) is 0 Å². The van der Waals surface area contributed by atoms with Crippen LogP contribution in [0.1, 0.15) is 58.6 Å². The lowest BCUT2D eigenvalue weighted by Gasteiger charge is -2.58. The van der Waals surface area contributed by atoms with Crippen molar-refractivity contribution in [3.8, 4) is 11.1 Å². The Morgan fingerprint density at radius 3 is 2.58 bits per heavy atom. The average Bonchev–Trinajstić information content (AvgIpc) is 3.21. The lowest BCUT2D eigenvalue weighted by Crippen LogP contribution is -2.65. The Balaban J connectivity index is 1.09. The lowest BCUT2D eigenvalue weighted by atomic mass is 9.57. The average molecular weight is 546 g/mol. The van der Waals surface area contributed by atoms with Crippen LogP contribution >= 0.6 is 0 Å². The van der Waals surface area contributed by atoms with Gasteiger partial charge >= 0.3 is 6.09 Å². The molecule has 2 aromatic heterocycles. The maximum Gasteiger partial charge on any atom is 0.410 e. The van der Waals surface area contributed by atoms with E-state index in [0.29, 0.717) is 19.0 Å². The third-order valence-corrected chi connectivity index (χ3v) is 8.45. The minimum atomic E-state index is -0.504. The van der Waals surface area contributed by atoms with Gasteiger partial charge in [-0.1, -0.05) is 18.6 Å². The molecule has 2 amide bonds. The first-order valence-corrected chi connectivity index (χ1v) is 14.4. The van der Waals surface area contributed by atoms with Gasteiger partial charge in [0.05, 0.1) is 17.4 Å². The number of hydrogen-bond acceptors (Lipinski definition) is 7. The quantitative estimate of drug-likeness (QED) is 0.499. The second-order valence-electron chi connectivity index (χ2n) is 12.9. The molecule has 3 fully saturated rings. The largest absolute Gasteiger partial charge is 0.444 e. The molecule has 1 aromatic carbocycles. The van der Waals surface area contributed by atoms with Crippen molar-refractivity contribution in [2.75, 3.05) is 31.5 Å². The van der Waals surface area contributed by atoms with Crippen molar-refractivity contribution >= 4 is 28.9 Å². The molecule has 1 N–H and O–H groups in total. The molecule has 1 aliphatic carbocycles. The number of carbonyl (C=O) groups excluding carboxylic acids is 2. The van der Waals surface area contributed by atoms with E-state index in [2.05, 4.69) is 37.4 Å². The number of benzene rings is 1. The van der Waals surface area contributed by atoms with Gasteiger partial charge in [0, 0.05) is 55.2 Å². The molecule has 1 spiro atoms. The summed E-state index contributed by atoms with van der Waals surface area (Å²) in [5, 5.41) is 8.40. The summed E-state index contributed by atoms with van der Waals surface area (Å²) in [5.41, 5.74) is 3.68. The van der Waals surface area contributed by atoms with Crippen LogP contribution in [0.3, 0.4) is 0 Å². The van der Waals surface area contributed by atoms with Crippen LogP contribution in [0.15, 0.2) is 30.6 Å². The topological polar surface area (TPSA) is 105 Å². The normalized spacial score (nSPS) is 19.4. The smallest absolute Gasteiger partial charge is 0.410 e. The summed E-state index contributed by atoms with van der Waals surface area (Å²) in [6.45, 7) is 10.0. The summed E-state index contributed by atoms with van der Waals surface area (Å²) in [7, 11) is 2.00. The summed E-state index contributed by atoms with van der Waals surface area (Å²) < 4.78 is 7.43. The molecule has 1 saturated carbocycles. The summed E-state index contributed by atoms with van der Waals surface area (Å²) in [4.78, 5) is 38.5. The lowest BCUT2D eigenvalue weighted by molar-refractivity contribution is -0.137. The Morgan fingerprint density at radius 2 is 1.85 bits per heavy atom. The highest BCUT2D eigenvalue weighted by Crippen LogP contribution is 2.52. The van der Waals surface area contributed by atoms with Gasteiger partial charge in [-0.25, -0.2) is 14.8 Å². The zero-order valence-electron chi connectivity index (χ0n) is 23.9. The number of aryl methyl sites for hydroxylation is 1. The zero-order valence-corrected chi connectivity index (χ0v) is 23.9. The maximum atomic E-state index is 13.0. The number of piperidine rings is 1. The van der Waals surface area contributed by atoms with E-state index >= 15 is 0 Å². The first-order valence-electron chi connectivity index (χ1n) is 14.4. The van der Waals surface area contributed by atoms with Gasteiger partial charge in [-0.2, -0.15) is 5.10 Å². The van der Waals surface area contributed by atoms with E-state index in [4.69, 9.17) is 4.74 Å². The molecule has 0 atom stereocenters. The van der Waals surface area contributed by atoms with Crippen molar-refractivity contribution in [2.24, 2.45) is 18.4 Å². The standard InChI is InChI=1S/C30H39N7O3/c1-29(2,3)40-28(39)37-18-30(19-37)13-22(14-30)26(38)34-27-31-15-21-9-8-20(12-24(21)33-27)23-16-32-35(4)25(23)17-36-10-6-5-7-11-36/h8-9,12,15-16,22H,5-7,10-11,13-14,17-19H2,1-4H3,(H,31,33,34,38). The van der Waals surface area contributed by atoms with Crippen LogP contribution in [-0.2, 0) is 23.1 Å². The summed E-state index contributed by atoms with van der Waals surface area (Å²) in [6, 6.07) is 6.17. The number of amides is 2. The molecule has 0 radical (unpaired) electrons. The first kappa shape index (κ1) is 26.7. The fourth-order valence-corrected chi connectivity index (χ4v) is 6.33. The van der Waals surface area contributed by atoms with Crippen molar-refractivity contribution in [3.05, 3.63) is 36.3 Å². The third kappa shape index (κ3) is 5.41. The highest BCUT2D eigenvalue weighted by Gasteiger charge is 2.56. The summed E-state index contributed by atoms with van der Waals surface area (Å²) in [5.74, 6) is 0.159. The zero-order chi connectivity index (χ0) is 28.1. The van der Waals surface area contributed by atoms with Crippen LogP contribution in [0.4, 0.5) is 10.7 Å². The van der Waals surface area contributed by atoms with Gasteiger partial charge < -0.3 is 9.64 Å². The van der Waals surface area contributed by atoms with Crippen molar-refractivity contribution < 1.29 is 14.3 Å². The second-order valence-corrected chi connectivity index (χ2v) is 12.9. The summed E-state index contributed by atoms with van der Waals surface area (Å²) in [6.07, 6.45) is 8.75. The van der Waals surface area contributed by atoms with Gasteiger partial charge in [-0.15, -0.1) is 0 Å². The van der Waals surface area contributed by atoms with Crippen molar-refractivity contribution in [1.82, 2.24) is 29.5 Å². The first-order chi connectivity index (χ1) is 19.1. The molecular weight excluding hydrogens is 506 g/mol. The number of rotatable bonds is 5. The minimum absolute atomic E-state index is 0.0354. The molecule has 6 rings (SSSR count). The predicted octanol–water partition coefficient (Wildman–Crippen LogP) is 4.60. The number of likely N-dealkylation sites (tertiary alicyclic amines) is 2. The fourth-order valence-electron chi connectivity index (χ4n) is 6.33. The van der Waals surface area contributed by atoms with Crippen molar-refractivity contribution in [2.45, 2.75) is 65.0 Å². The van der Waals surface area contributed by atoms with E-state index in [1.165, 1.54) is 25.0 Å². The molecule has 4 heterocycles. The Hall–Kier alpha value is -3.53. The van der Waals surface area contributed by atoms with E-state index in [1.807, 2.05) is 44.8 Å². The Labute approximate surface area is 235 Å². The molecule has 0 unspecified atom stereocenters. The third-order valence-electron chi connectivity index (χ3n) is 8.45. The number of anilines is 1. The van der Waals surface area contributed by atoms with Crippen LogP contribution < -0.4 is 5.32 Å². The van der Waals surface area contributed by atoms with Gasteiger partial charge in [0.25, 0.3) is 0 Å². The van der Waals surface area contributed by atoms with E-state index in [9.17, 15) is 9.59 Å². The van der Waals surface area contributed by atoms with Crippen LogP contribution in [-0.4, -0.2) is 73.3 Å². The highest BCUT2D eigenvalue weighted by molar-refractivity contribution is 5.93.